The normalized spacial score (nSPS) is 13.1. The van der Waals surface area contributed by atoms with E-state index in [0.29, 0.717) is 27.8 Å². The molecule has 10 nitrogen and oxygen atoms in total. The van der Waals surface area contributed by atoms with Crippen LogP contribution in [0.25, 0.3) is 11.0 Å². The Balaban J connectivity index is 1.60. The molecular weight excluding hydrogens is 516 g/mol. The maximum atomic E-state index is 13.3. The molecule has 0 unspecified atom stereocenters. The minimum absolute atomic E-state index is 0.133. The van der Waals surface area contributed by atoms with Gasteiger partial charge in [-0.1, -0.05) is 48.5 Å². The van der Waals surface area contributed by atoms with Crippen molar-refractivity contribution in [1.82, 2.24) is 10.6 Å². The summed E-state index contributed by atoms with van der Waals surface area (Å²) in [4.78, 5) is 51.1. The van der Waals surface area contributed by atoms with E-state index in [1.54, 1.807) is 72.8 Å². The van der Waals surface area contributed by atoms with Gasteiger partial charge in [0.15, 0.2) is 6.10 Å². The second kappa shape index (κ2) is 12.7. The lowest BCUT2D eigenvalue weighted by atomic mass is 9.98. The molecular formula is C30H28N2O8. The van der Waals surface area contributed by atoms with E-state index in [4.69, 9.17) is 13.9 Å². The van der Waals surface area contributed by atoms with E-state index in [1.807, 2.05) is 0 Å². The molecule has 40 heavy (non-hydrogen) atoms. The average Bonchev–Trinajstić information content (AvgIpc) is 2.98. The average molecular weight is 545 g/mol. The number of methoxy groups -OCH3 is 2. The Bertz CT molecular complexity index is 1550. The SMILES string of the molecule is COC(=O)[C@H](Cc1cc(=O)oc2cc(OC)ccc12)NC(=O)[C@H](O)[C@@H](NC(=O)c1ccccc1)c1ccccc1. The summed E-state index contributed by atoms with van der Waals surface area (Å²) in [6.45, 7) is 0. The van der Waals surface area contributed by atoms with Gasteiger partial charge in [0.2, 0.25) is 0 Å². The van der Waals surface area contributed by atoms with Crippen molar-refractivity contribution in [2.24, 2.45) is 0 Å². The fraction of sp³-hybridized carbons (Fsp3) is 0.200. The first kappa shape index (κ1) is 28.1. The zero-order chi connectivity index (χ0) is 28.6. The topological polar surface area (TPSA) is 144 Å². The summed E-state index contributed by atoms with van der Waals surface area (Å²) in [6, 6.07) is 20.6. The van der Waals surface area contributed by atoms with Crippen molar-refractivity contribution in [2.75, 3.05) is 14.2 Å². The Hall–Kier alpha value is -4.96. The second-order valence-electron chi connectivity index (χ2n) is 8.91. The molecule has 0 bridgehead atoms. The molecule has 1 heterocycles. The summed E-state index contributed by atoms with van der Waals surface area (Å²) >= 11 is 0. The number of hydrogen-bond donors (Lipinski definition) is 3. The van der Waals surface area contributed by atoms with E-state index in [9.17, 15) is 24.3 Å². The van der Waals surface area contributed by atoms with E-state index < -0.39 is 41.6 Å². The van der Waals surface area contributed by atoms with Gasteiger partial charge in [-0.2, -0.15) is 0 Å². The molecule has 0 aliphatic carbocycles. The van der Waals surface area contributed by atoms with Crippen LogP contribution in [0.15, 0.2) is 94.1 Å². The number of amides is 2. The molecule has 206 valence electrons. The Kier molecular flexibility index (Phi) is 8.93. The van der Waals surface area contributed by atoms with Gasteiger partial charge in [0.1, 0.15) is 17.4 Å². The van der Waals surface area contributed by atoms with Crippen LogP contribution in [-0.2, 0) is 20.7 Å². The van der Waals surface area contributed by atoms with Gasteiger partial charge in [-0.3, -0.25) is 9.59 Å². The van der Waals surface area contributed by atoms with Crippen molar-refractivity contribution < 1.29 is 33.4 Å². The van der Waals surface area contributed by atoms with Gasteiger partial charge in [0.05, 0.1) is 20.3 Å². The molecule has 0 saturated carbocycles. The third-order valence-electron chi connectivity index (χ3n) is 6.33. The first-order chi connectivity index (χ1) is 19.3. The van der Waals surface area contributed by atoms with Gasteiger partial charge in [-0.25, -0.2) is 9.59 Å². The quantitative estimate of drug-likeness (QED) is 0.204. The predicted molar refractivity (Wildman–Crippen MR) is 146 cm³/mol. The molecule has 0 spiro atoms. The lowest BCUT2D eigenvalue weighted by Gasteiger charge is -2.26. The molecule has 3 aromatic carbocycles. The fourth-order valence-corrected chi connectivity index (χ4v) is 4.29. The Morgan fingerprint density at radius 3 is 2.23 bits per heavy atom. The number of aliphatic hydroxyl groups excluding tert-OH is 1. The standard InChI is InChI=1S/C30H28N2O8/c1-38-21-13-14-22-20(16-25(33)40-24(22)17-21)15-23(30(37)39-2)31-29(36)27(34)26(18-9-5-3-6-10-18)32-28(35)19-11-7-4-8-12-19/h3-14,16-17,23,26-27,34H,15H2,1-2H3,(H,31,36)(H,32,35)/t23-,26-,27+/m0/s1. The number of hydrogen-bond acceptors (Lipinski definition) is 8. The summed E-state index contributed by atoms with van der Waals surface area (Å²) in [7, 11) is 2.63. The molecule has 1 aromatic heterocycles. The molecule has 0 aliphatic heterocycles. The van der Waals surface area contributed by atoms with Crippen LogP contribution in [-0.4, -0.2) is 49.3 Å². The number of fused-ring (bicyclic) bond motifs is 1. The highest BCUT2D eigenvalue weighted by Gasteiger charge is 2.33. The second-order valence-corrected chi connectivity index (χ2v) is 8.91. The predicted octanol–water partition coefficient (Wildman–Crippen LogP) is 2.53. The largest absolute Gasteiger partial charge is 0.497 e. The number of esters is 1. The fourth-order valence-electron chi connectivity index (χ4n) is 4.29. The molecule has 10 heteroatoms. The molecule has 2 amide bonds. The van der Waals surface area contributed by atoms with Gasteiger partial charge >= 0.3 is 11.6 Å². The maximum Gasteiger partial charge on any atom is 0.336 e. The first-order valence-corrected chi connectivity index (χ1v) is 12.4. The highest BCUT2D eigenvalue weighted by Crippen LogP contribution is 2.24. The number of ether oxygens (including phenoxy) is 2. The lowest BCUT2D eigenvalue weighted by molar-refractivity contribution is -0.146. The lowest BCUT2D eigenvalue weighted by Crippen LogP contribution is -2.51. The molecule has 0 radical (unpaired) electrons. The maximum absolute atomic E-state index is 13.3. The minimum Gasteiger partial charge on any atom is -0.497 e. The molecule has 4 aromatic rings. The van der Waals surface area contributed by atoms with E-state index >= 15 is 0 Å². The summed E-state index contributed by atoms with van der Waals surface area (Å²) in [5, 5.41) is 16.9. The number of rotatable bonds is 10. The third kappa shape index (κ3) is 6.54. The first-order valence-electron chi connectivity index (χ1n) is 12.4. The smallest absolute Gasteiger partial charge is 0.336 e. The summed E-state index contributed by atoms with van der Waals surface area (Å²) in [5.74, 6) is -1.74. The number of carbonyl (C=O) groups is 3. The monoisotopic (exact) mass is 544 g/mol. The Morgan fingerprint density at radius 1 is 0.900 bits per heavy atom. The molecule has 3 atom stereocenters. The van der Waals surface area contributed by atoms with E-state index in [2.05, 4.69) is 10.6 Å². The summed E-state index contributed by atoms with van der Waals surface area (Å²) in [6.07, 6.45) is -1.91. The van der Waals surface area contributed by atoms with Crippen LogP contribution in [0, 0.1) is 0 Å². The van der Waals surface area contributed by atoms with Crippen molar-refractivity contribution in [3.05, 3.63) is 112 Å². The highest BCUT2D eigenvalue weighted by atomic mass is 16.5. The van der Waals surface area contributed by atoms with Gasteiger partial charge in [0.25, 0.3) is 11.8 Å². The summed E-state index contributed by atoms with van der Waals surface area (Å²) < 4.78 is 15.3. The van der Waals surface area contributed by atoms with Crippen LogP contribution in [0.1, 0.15) is 27.5 Å². The molecule has 0 aliphatic rings. The van der Waals surface area contributed by atoms with Crippen LogP contribution >= 0.6 is 0 Å². The van der Waals surface area contributed by atoms with Crippen molar-refractivity contribution in [3.8, 4) is 5.75 Å². The number of carbonyl (C=O) groups excluding carboxylic acids is 3. The van der Waals surface area contributed by atoms with Crippen LogP contribution in [0.5, 0.6) is 5.75 Å². The summed E-state index contributed by atoms with van der Waals surface area (Å²) in [5.41, 5.74) is 0.818. The zero-order valence-corrected chi connectivity index (χ0v) is 21.8. The number of benzene rings is 3. The van der Waals surface area contributed by atoms with Crippen molar-refractivity contribution in [2.45, 2.75) is 24.6 Å². The van der Waals surface area contributed by atoms with Crippen molar-refractivity contribution >= 4 is 28.8 Å². The molecule has 0 fully saturated rings. The zero-order valence-electron chi connectivity index (χ0n) is 21.8. The van der Waals surface area contributed by atoms with Gasteiger partial charge < -0.3 is 29.6 Å². The van der Waals surface area contributed by atoms with Gasteiger partial charge in [-0.05, 0) is 35.4 Å². The number of nitrogens with one attached hydrogen (secondary N) is 2. The Morgan fingerprint density at radius 2 is 1.57 bits per heavy atom. The van der Waals surface area contributed by atoms with Crippen molar-refractivity contribution in [3.63, 3.8) is 0 Å². The van der Waals surface area contributed by atoms with Crippen LogP contribution in [0.4, 0.5) is 0 Å². The van der Waals surface area contributed by atoms with Gasteiger partial charge in [0, 0.05) is 29.5 Å². The highest BCUT2D eigenvalue weighted by molar-refractivity contribution is 5.95. The number of aliphatic hydroxyl groups is 1. The van der Waals surface area contributed by atoms with Crippen LogP contribution in [0.2, 0.25) is 0 Å². The molecule has 4 rings (SSSR count). The van der Waals surface area contributed by atoms with Crippen molar-refractivity contribution in [1.29, 1.82) is 0 Å². The Labute approximate surface area is 229 Å². The van der Waals surface area contributed by atoms with Gasteiger partial charge in [-0.15, -0.1) is 0 Å². The molecule has 0 saturated heterocycles. The van der Waals surface area contributed by atoms with E-state index in [0.717, 1.165) is 7.11 Å². The minimum atomic E-state index is -1.77. The molecule has 3 N–H and O–H groups in total. The third-order valence-corrected chi connectivity index (χ3v) is 6.33. The van der Waals surface area contributed by atoms with Crippen LogP contribution < -0.4 is 21.0 Å². The van der Waals surface area contributed by atoms with E-state index in [1.165, 1.54) is 19.2 Å². The van der Waals surface area contributed by atoms with E-state index in [-0.39, 0.29) is 12.0 Å². The van der Waals surface area contributed by atoms with Crippen LogP contribution in [0.3, 0.4) is 0 Å².